The number of ether oxygens (including phenoxy) is 1. The van der Waals surface area contributed by atoms with E-state index in [1.165, 1.54) is 31.4 Å². The predicted octanol–water partition coefficient (Wildman–Crippen LogP) is 2.66. The molecule has 1 saturated heterocycles. The summed E-state index contributed by atoms with van der Waals surface area (Å²) < 4.78 is 5.86. The summed E-state index contributed by atoms with van der Waals surface area (Å²) in [5.41, 5.74) is 0. The minimum Gasteiger partial charge on any atom is -0.363 e. The van der Waals surface area contributed by atoms with E-state index in [0.717, 1.165) is 12.5 Å². The average molecular weight is 172 g/mol. The first-order valence-electron chi connectivity index (χ1n) is 4.61. The summed E-state index contributed by atoms with van der Waals surface area (Å²) in [7, 11) is 0. The van der Waals surface area contributed by atoms with Crippen molar-refractivity contribution in [2.24, 2.45) is 5.92 Å². The molecule has 2 heteroatoms. The molecule has 2 rings (SSSR count). The van der Waals surface area contributed by atoms with Gasteiger partial charge in [0.05, 0.1) is 6.61 Å². The molecule has 1 nitrogen and oxygen atoms in total. The maximum atomic E-state index is 5.86. The summed E-state index contributed by atoms with van der Waals surface area (Å²) in [6.45, 7) is 3.33. The predicted molar refractivity (Wildman–Crippen MR) is 48.8 cm³/mol. The second-order valence-electron chi connectivity index (χ2n) is 3.66. The topological polar surface area (TPSA) is 9.23 Å². The van der Waals surface area contributed by atoms with Gasteiger partial charge in [0, 0.05) is 5.75 Å². The van der Waals surface area contributed by atoms with Crippen molar-refractivity contribution in [3.05, 3.63) is 0 Å². The normalized spacial score (nSPS) is 45.0. The molecular formula is C9H16OS. The van der Waals surface area contributed by atoms with Gasteiger partial charge in [-0.1, -0.05) is 13.3 Å². The van der Waals surface area contributed by atoms with Crippen LogP contribution in [0.1, 0.15) is 32.6 Å². The first-order valence-corrected chi connectivity index (χ1v) is 5.60. The van der Waals surface area contributed by atoms with Crippen molar-refractivity contribution in [3.8, 4) is 0 Å². The van der Waals surface area contributed by atoms with Gasteiger partial charge in [-0.3, -0.25) is 0 Å². The van der Waals surface area contributed by atoms with Gasteiger partial charge in [0.2, 0.25) is 0 Å². The first-order chi connectivity index (χ1) is 5.33. The molecule has 0 radical (unpaired) electrons. The number of rotatable bonds is 0. The summed E-state index contributed by atoms with van der Waals surface area (Å²) in [6, 6.07) is 0. The zero-order valence-corrected chi connectivity index (χ0v) is 7.95. The first kappa shape index (κ1) is 7.93. The summed E-state index contributed by atoms with van der Waals surface area (Å²) in [6.07, 6.45) is 5.44. The van der Waals surface area contributed by atoms with Crippen LogP contribution in [0.2, 0.25) is 0 Å². The van der Waals surface area contributed by atoms with Crippen LogP contribution in [-0.4, -0.2) is 17.3 Å². The molecule has 11 heavy (non-hydrogen) atoms. The second-order valence-corrected chi connectivity index (χ2v) is 5.04. The van der Waals surface area contributed by atoms with E-state index < -0.39 is 0 Å². The molecule has 2 aliphatic rings. The highest BCUT2D eigenvalue weighted by Crippen LogP contribution is 2.47. The van der Waals surface area contributed by atoms with E-state index in [1.807, 2.05) is 0 Å². The highest BCUT2D eigenvalue weighted by atomic mass is 32.2. The molecule has 1 aliphatic carbocycles. The third-order valence-electron chi connectivity index (χ3n) is 2.94. The van der Waals surface area contributed by atoms with Crippen LogP contribution in [0.15, 0.2) is 0 Å². The van der Waals surface area contributed by atoms with Crippen molar-refractivity contribution in [2.75, 3.05) is 12.4 Å². The van der Waals surface area contributed by atoms with E-state index in [9.17, 15) is 0 Å². The molecule has 2 atom stereocenters. The van der Waals surface area contributed by atoms with E-state index in [1.54, 1.807) is 0 Å². The Kier molecular flexibility index (Phi) is 2.15. The molecule has 2 unspecified atom stereocenters. The van der Waals surface area contributed by atoms with Crippen LogP contribution in [-0.2, 0) is 4.74 Å². The summed E-state index contributed by atoms with van der Waals surface area (Å²) >= 11 is 2.05. The Labute approximate surface area is 72.9 Å². The fourth-order valence-corrected chi connectivity index (χ4v) is 3.56. The van der Waals surface area contributed by atoms with Gasteiger partial charge in [-0.2, -0.15) is 0 Å². The Morgan fingerprint density at radius 3 is 3.00 bits per heavy atom. The number of hydrogen-bond acceptors (Lipinski definition) is 2. The van der Waals surface area contributed by atoms with Crippen molar-refractivity contribution in [2.45, 2.75) is 37.5 Å². The fraction of sp³-hybridized carbons (Fsp3) is 1.00. The van der Waals surface area contributed by atoms with Crippen LogP contribution in [0.25, 0.3) is 0 Å². The molecule has 0 bridgehead atoms. The zero-order chi connectivity index (χ0) is 7.73. The minimum absolute atomic E-state index is 0.248. The van der Waals surface area contributed by atoms with Crippen molar-refractivity contribution < 1.29 is 4.74 Å². The maximum Gasteiger partial charge on any atom is 0.116 e. The lowest BCUT2D eigenvalue weighted by atomic mass is 9.87. The van der Waals surface area contributed by atoms with Gasteiger partial charge in [0.25, 0.3) is 0 Å². The van der Waals surface area contributed by atoms with Gasteiger partial charge < -0.3 is 4.74 Å². The Hall–Kier alpha value is 0.310. The van der Waals surface area contributed by atoms with Gasteiger partial charge >= 0.3 is 0 Å². The largest absolute Gasteiger partial charge is 0.363 e. The van der Waals surface area contributed by atoms with Crippen LogP contribution in [0, 0.1) is 5.92 Å². The van der Waals surface area contributed by atoms with Gasteiger partial charge in [-0.15, -0.1) is 11.8 Å². The molecular weight excluding hydrogens is 156 g/mol. The highest BCUT2D eigenvalue weighted by Gasteiger charge is 2.42. The molecule has 0 aromatic rings. The van der Waals surface area contributed by atoms with Crippen LogP contribution in [0.4, 0.5) is 0 Å². The van der Waals surface area contributed by atoms with Crippen LogP contribution >= 0.6 is 11.8 Å². The SMILES string of the molecule is CC1CCCCC12OCCS2. The Balaban J connectivity index is 2.07. The van der Waals surface area contributed by atoms with Gasteiger partial charge in [0.1, 0.15) is 4.93 Å². The quantitative estimate of drug-likeness (QED) is 0.555. The van der Waals surface area contributed by atoms with Crippen molar-refractivity contribution in [3.63, 3.8) is 0 Å². The third-order valence-corrected chi connectivity index (χ3v) is 4.52. The van der Waals surface area contributed by atoms with E-state index in [2.05, 4.69) is 18.7 Å². The molecule has 1 spiro atoms. The Morgan fingerprint density at radius 1 is 1.45 bits per heavy atom. The van der Waals surface area contributed by atoms with Crippen LogP contribution in [0.5, 0.6) is 0 Å². The number of thioether (sulfide) groups is 1. The lowest BCUT2D eigenvalue weighted by molar-refractivity contribution is -0.0126. The Morgan fingerprint density at radius 2 is 2.36 bits per heavy atom. The lowest BCUT2D eigenvalue weighted by Crippen LogP contribution is -2.35. The molecule has 1 saturated carbocycles. The molecule has 0 N–H and O–H groups in total. The van der Waals surface area contributed by atoms with Crippen molar-refractivity contribution in [1.29, 1.82) is 0 Å². The molecule has 0 amide bonds. The standard InChI is InChI=1S/C9H16OS/c1-8-4-2-3-5-9(8)10-6-7-11-9/h8H,2-7H2,1H3. The fourth-order valence-electron chi connectivity index (χ4n) is 2.19. The van der Waals surface area contributed by atoms with Crippen molar-refractivity contribution in [1.82, 2.24) is 0 Å². The summed E-state index contributed by atoms with van der Waals surface area (Å²) in [5.74, 6) is 1.99. The molecule has 2 fully saturated rings. The highest BCUT2D eigenvalue weighted by molar-refractivity contribution is 8.00. The smallest absolute Gasteiger partial charge is 0.116 e. The molecule has 1 aliphatic heterocycles. The van der Waals surface area contributed by atoms with Gasteiger partial charge in [0.15, 0.2) is 0 Å². The van der Waals surface area contributed by atoms with Crippen LogP contribution < -0.4 is 0 Å². The van der Waals surface area contributed by atoms with Crippen LogP contribution in [0.3, 0.4) is 0 Å². The molecule has 0 aromatic carbocycles. The average Bonchev–Trinajstić information content (AvgIpc) is 2.46. The van der Waals surface area contributed by atoms with Gasteiger partial charge in [-0.05, 0) is 25.2 Å². The summed E-state index contributed by atoms with van der Waals surface area (Å²) in [5, 5.41) is 0. The van der Waals surface area contributed by atoms with E-state index in [-0.39, 0.29) is 4.93 Å². The molecule has 64 valence electrons. The molecule has 1 heterocycles. The summed E-state index contributed by atoms with van der Waals surface area (Å²) in [4.78, 5) is 0.248. The van der Waals surface area contributed by atoms with Crippen molar-refractivity contribution >= 4 is 11.8 Å². The monoisotopic (exact) mass is 172 g/mol. The zero-order valence-electron chi connectivity index (χ0n) is 7.14. The minimum atomic E-state index is 0.248. The van der Waals surface area contributed by atoms with E-state index in [0.29, 0.717) is 0 Å². The second kappa shape index (κ2) is 2.98. The maximum absolute atomic E-state index is 5.86. The van der Waals surface area contributed by atoms with E-state index >= 15 is 0 Å². The van der Waals surface area contributed by atoms with Gasteiger partial charge in [-0.25, -0.2) is 0 Å². The van der Waals surface area contributed by atoms with E-state index in [4.69, 9.17) is 4.74 Å². The number of hydrogen-bond donors (Lipinski definition) is 0. The lowest BCUT2D eigenvalue weighted by Gasteiger charge is -2.37. The Bertz CT molecular complexity index is 140. The molecule has 0 aromatic heterocycles. The third kappa shape index (κ3) is 1.31.